The molecular weight excluding hydrogens is 214 g/mol. The highest BCUT2D eigenvalue weighted by atomic mass is 16.3. The normalized spacial score (nSPS) is 10.8. The van der Waals surface area contributed by atoms with Gasteiger partial charge >= 0.3 is 0 Å². The summed E-state index contributed by atoms with van der Waals surface area (Å²) in [6.07, 6.45) is 0.843. The van der Waals surface area contributed by atoms with Crippen LogP contribution in [0.2, 0.25) is 0 Å². The van der Waals surface area contributed by atoms with Gasteiger partial charge in [0, 0.05) is 5.69 Å². The Morgan fingerprint density at radius 1 is 1.24 bits per heavy atom. The minimum Gasteiger partial charge on any atom is -0.508 e. The zero-order chi connectivity index (χ0) is 12.4. The van der Waals surface area contributed by atoms with Crippen molar-refractivity contribution in [1.82, 2.24) is 9.78 Å². The fourth-order valence-corrected chi connectivity index (χ4v) is 2.03. The minimum atomic E-state index is 0.262. The van der Waals surface area contributed by atoms with Gasteiger partial charge in [-0.1, -0.05) is 0 Å². The molecule has 4 heteroatoms. The molecule has 90 valence electrons. The van der Waals surface area contributed by atoms with E-state index < -0.39 is 0 Å². The molecule has 1 heterocycles. The third kappa shape index (κ3) is 2.17. The number of nitrogens with two attached hydrogens (primary N) is 1. The topological polar surface area (TPSA) is 64.1 Å². The first kappa shape index (κ1) is 11.7. The van der Waals surface area contributed by atoms with E-state index in [0.29, 0.717) is 6.54 Å². The van der Waals surface area contributed by atoms with Crippen LogP contribution in [0.15, 0.2) is 24.3 Å². The molecule has 17 heavy (non-hydrogen) atoms. The van der Waals surface area contributed by atoms with Crippen molar-refractivity contribution in [3.63, 3.8) is 0 Å². The molecule has 0 radical (unpaired) electrons. The minimum absolute atomic E-state index is 0.262. The first-order valence-corrected chi connectivity index (χ1v) is 5.68. The molecule has 0 saturated heterocycles. The summed E-state index contributed by atoms with van der Waals surface area (Å²) in [5.41, 5.74) is 9.88. The highest BCUT2D eigenvalue weighted by Gasteiger charge is 2.11. The summed E-state index contributed by atoms with van der Waals surface area (Å²) < 4.78 is 1.89. The number of aromatic nitrogens is 2. The molecule has 0 amide bonds. The molecule has 0 unspecified atom stereocenters. The van der Waals surface area contributed by atoms with Crippen LogP contribution in [0.25, 0.3) is 5.69 Å². The Bertz CT molecular complexity index is 514. The van der Waals surface area contributed by atoms with E-state index in [1.165, 1.54) is 5.56 Å². The maximum Gasteiger partial charge on any atom is 0.115 e. The number of nitrogens with zero attached hydrogens (tertiary/aromatic N) is 2. The third-order valence-corrected chi connectivity index (χ3v) is 2.93. The lowest BCUT2D eigenvalue weighted by Crippen LogP contribution is -2.05. The van der Waals surface area contributed by atoms with Crippen LogP contribution in [-0.2, 0) is 6.42 Å². The van der Waals surface area contributed by atoms with Crippen molar-refractivity contribution in [3.05, 3.63) is 41.2 Å². The molecular formula is C13H17N3O. The van der Waals surface area contributed by atoms with Crippen molar-refractivity contribution >= 4 is 0 Å². The zero-order valence-corrected chi connectivity index (χ0v) is 10.1. The predicted molar refractivity (Wildman–Crippen MR) is 67.5 cm³/mol. The van der Waals surface area contributed by atoms with E-state index in [1.807, 2.05) is 30.7 Å². The second kappa shape index (κ2) is 4.59. The lowest BCUT2D eigenvalue weighted by Gasteiger charge is -2.05. The Kier molecular flexibility index (Phi) is 3.15. The third-order valence-electron chi connectivity index (χ3n) is 2.93. The van der Waals surface area contributed by atoms with Gasteiger partial charge < -0.3 is 10.8 Å². The van der Waals surface area contributed by atoms with Crippen molar-refractivity contribution in [2.45, 2.75) is 20.3 Å². The average molecular weight is 231 g/mol. The summed E-state index contributed by atoms with van der Waals surface area (Å²) in [6.45, 7) is 4.66. The molecule has 0 aliphatic rings. The second-order valence-corrected chi connectivity index (χ2v) is 4.12. The zero-order valence-electron chi connectivity index (χ0n) is 10.1. The molecule has 0 bridgehead atoms. The summed E-state index contributed by atoms with van der Waals surface area (Å²) >= 11 is 0. The van der Waals surface area contributed by atoms with Gasteiger partial charge in [0.2, 0.25) is 0 Å². The Labute approximate surface area is 101 Å². The Balaban J connectivity index is 2.46. The van der Waals surface area contributed by atoms with Gasteiger partial charge in [0.25, 0.3) is 0 Å². The Hall–Kier alpha value is -1.81. The first-order chi connectivity index (χ1) is 8.13. The van der Waals surface area contributed by atoms with Crippen molar-refractivity contribution < 1.29 is 5.11 Å². The molecule has 0 aliphatic carbocycles. The lowest BCUT2D eigenvalue weighted by atomic mass is 10.1. The monoisotopic (exact) mass is 231 g/mol. The van der Waals surface area contributed by atoms with Crippen LogP contribution < -0.4 is 5.73 Å². The summed E-state index contributed by atoms with van der Waals surface area (Å²) in [4.78, 5) is 0. The predicted octanol–water partition coefficient (Wildman–Crippen LogP) is 1.70. The van der Waals surface area contributed by atoms with Crippen molar-refractivity contribution in [1.29, 1.82) is 0 Å². The highest BCUT2D eigenvalue weighted by molar-refractivity contribution is 5.40. The molecule has 3 N–H and O–H groups in total. The van der Waals surface area contributed by atoms with Crippen LogP contribution in [0.3, 0.4) is 0 Å². The van der Waals surface area contributed by atoms with Crippen LogP contribution >= 0.6 is 0 Å². The largest absolute Gasteiger partial charge is 0.508 e. The molecule has 1 aromatic carbocycles. The molecule has 2 rings (SSSR count). The summed E-state index contributed by atoms with van der Waals surface area (Å²) in [5.74, 6) is 0.262. The van der Waals surface area contributed by atoms with E-state index in [9.17, 15) is 5.11 Å². The maximum absolute atomic E-state index is 9.27. The van der Waals surface area contributed by atoms with Gasteiger partial charge in [0.05, 0.1) is 11.4 Å². The fourth-order valence-electron chi connectivity index (χ4n) is 2.03. The number of benzene rings is 1. The Morgan fingerprint density at radius 2 is 1.88 bits per heavy atom. The standard InChI is InChI=1S/C13H17N3O/c1-9-13(7-8-14)10(2)16(15-9)11-3-5-12(17)6-4-11/h3-6,17H,7-8,14H2,1-2H3. The second-order valence-electron chi connectivity index (χ2n) is 4.12. The summed E-state index contributed by atoms with van der Waals surface area (Å²) in [7, 11) is 0. The SMILES string of the molecule is Cc1nn(-c2ccc(O)cc2)c(C)c1CCN. The van der Waals surface area contributed by atoms with E-state index in [2.05, 4.69) is 5.10 Å². The van der Waals surface area contributed by atoms with E-state index in [0.717, 1.165) is 23.5 Å². The van der Waals surface area contributed by atoms with Gasteiger partial charge in [0.1, 0.15) is 5.75 Å². The smallest absolute Gasteiger partial charge is 0.115 e. The molecule has 2 aromatic rings. The van der Waals surface area contributed by atoms with Crippen molar-refractivity contribution in [3.8, 4) is 11.4 Å². The molecule has 1 aromatic heterocycles. The van der Waals surface area contributed by atoms with Crippen LogP contribution in [0, 0.1) is 13.8 Å². The molecule has 0 spiro atoms. The van der Waals surface area contributed by atoms with Gasteiger partial charge in [-0.3, -0.25) is 0 Å². The first-order valence-electron chi connectivity index (χ1n) is 5.68. The van der Waals surface area contributed by atoms with Crippen LogP contribution in [0.4, 0.5) is 0 Å². The lowest BCUT2D eigenvalue weighted by molar-refractivity contribution is 0.475. The quantitative estimate of drug-likeness (QED) is 0.845. The van der Waals surface area contributed by atoms with E-state index in [1.54, 1.807) is 12.1 Å². The summed E-state index contributed by atoms with van der Waals surface area (Å²) in [6, 6.07) is 7.02. The average Bonchev–Trinajstić information content (AvgIpc) is 2.59. The van der Waals surface area contributed by atoms with E-state index in [4.69, 9.17) is 5.73 Å². The molecule has 0 atom stereocenters. The number of hydrogen-bond donors (Lipinski definition) is 2. The molecule has 4 nitrogen and oxygen atoms in total. The van der Waals surface area contributed by atoms with Gasteiger partial charge in [0.15, 0.2) is 0 Å². The van der Waals surface area contributed by atoms with Crippen molar-refractivity contribution in [2.75, 3.05) is 6.54 Å². The number of rotatable bonds is 3. The maximum atomic E-state index is 9.27. The van der Waals surface area contributed by atoms with E-state index >= 15 is 0 Å². The van der Waals surface area contributed by atoms with Gasteiger partial charge in [-0.25, -0.2) is 4.68 Å². The number of hydrogen-bond acceptors (Lipinski definition) is 3. The number of phenolic OH excluding ortho intramolecular Hbond substituents is 1. The Morgan fingerprint density at radius 3 is 2.47 bits per heavy atom. The van der Waals surface area contributed by atoms with Gasteiger partial charge in [-0.2, -0.15) is 5.10 Å². The van der Waals surface area contributed by atoms with Gasteiger partial charge in [-0.05, 0) is 56.6 Å². The van der Waals surface area contributed by atoms with Crippen molar-refractivity contribution in [2.24, 2.45) is 5.73 Å². The van der Waals surface area contributed by atoms with Crippen LogP contribution in [-0.4, -0.2) is 21.4 Å². The molecule has 0 saturated carbocycles. The number of phenols is 1. The molecule has 0 fully saturated rings. The summed E-state index contributed by atoms with van der Waals surface area (Å²) in [5, 5.41) is 13.8. The van der Waals surface area contributed by atoms with Gasteiger partial charge in [-0.15, -0.1) is 0 Å². The number of aryl methyl sites for hydroxylation is 1. The van der Waals surface area contributed by atoms with Crippen LogP contribution in [0.1, 0.15) is 17.0 Å². The fraction of sp³-hybridized carbons (Fsp3) is 0.308. The highest BCUT2D eigenvalue weighted by Crippen LogP contribution is 2.19. The van der Waals surface area contributed by atoms with Crippen LogP contribution in [0.5, 0.6) is 5.75 Å². The van der Waals surface area contributed by atoms with E-state index in [-0.39, 0.29) is 5.75 Å². The number of aromatic hydroxyl groups is 1. The molecule has 0 aliphatic heterocycles.